The summed E-state index contributed by atoms with van der Waals surface area (Å²) in [5.74, 6) is 1.36. The van der Waals surface area contributed by atoms with Crippen LogP contribution in [0.5, 0.6) is 11.5 Å². The Morgan fingerprint density at radius 1 is 1.15 bits per heavy atom. The van der Waals surface area contributed by atoms with E-state index in [0.717, 1.165) is 53.9 Å². The summed E-state index contributed by atoms with van der Waals surface area (Å²) in [6, 6.07) is 10.4. The molecule has 0 fully saturated rings. The summed E-state index contributed by atoms with van der Waals surface area (Å²) < 4.78 is 6.58. The molecule has 0 saturated heterocycles. The average molecular weight is 351 g/mol. The summed E-state index contributed by atoms with van der Waals surface area (Å²) >= 11 is 0. The van der Waals surface area contributed by atoms with Crippen molar-refractivity contribution in [1.82, 2.24) is 0 Å². The van der Waals surface area contributed by atoms with Gasteiger partial charge in [-0.1, -0.05) is 24.3 Å². The second kappa shape index (κ2) is 7.06. The summed E-state index contributed by atoms with van der Waals surface area (Å²) in [6.07, 6.45) is 3.77. The summed E-state index contributed by atoms with van der Waals surface area (Å²) in [4.78, 5) is 2.31. The van der Waals surface area contributed by atoms with Crippen molar-refractivity contribution in [3.05, 3.63) is 65.2 Å². The second-order valence-corrected chi connectivity index (χ2v) is 7.59. The predicted molar refractivity (Wildman–Crippen MR) is 109 cm³/mol. The number of aromatic hydroxyl groups is 1. The molecule has 0 radical (unpaired) electrons. The first-order valence-electron chi connectivity index (χ1n) is 9.28. The molecule has 1 aliphatic rings. The molecule has 1 aliphatic heterocycles. The summed E-state index contributed by atoms with van der Waals surface area (Å²) in [5.41, 5.74) is 4.96. The lowest BCUT2D eigenvalue weighted by Gasteiger charge is -2.41. The van der Waals surface area contributed by atoms with E-state index in [0.29, 0.717) is 5.75 Å². The van der Waals surface area contributed by atoms with E-state index >= 15 is 0 Å². The monoisotopic (exact) mass is 351 g/mol. The van der Waals surface area contributed by atoms with Crippen LogP contribution < -0.4 is 9.64 Å². The zero-order chi connectivity index (χ0) is 18.9. The topological polar surface area (TPSA) is 32.7 Å². The number of para-hydroxylation sites is 1. The molecule has 0 saturated carbocycles. The maximum atomic E-state index is 10.4. The number of hydrogen-bond acceptors (Lipinski definition) is 3. The molecule has 2 aromatic rings. The van der Waals surface area contributed by atoms with Crippen molar-refractivity contribution in [3.8, 4) is 11.5 Å². The van der Waals surface area contributed by atoms with Gasteiger partial charge in [-0.05, 0) is 69.4 Å². The molecule has 0 bridgehead atoms. The van der Waals surface area contributed by atoms with Gasteiger partial charge in [0, 0.05) is 17.8 Å². The highest BCUT2D eigenvalue weighted by molar-refractivity contribution is 5.58. The van der Waals surface area contributed by atoms with Crippen LogP contribution in [0.15, 0.2) is 43.0 Å². The van der Waals surface area contributed by atoms with Crippen LogP contribution >= 0.6 is 0 Å². The second-order valence-electron chi connectivity index (χ2n) is 7.59. The molecule has 0 aromatic heterocycles. The molecule has 1 N–H and O–H groups in total. The fourth-order valence-electron chi connectivity index (χ4n) is 3.87. The Morgan fingerprint density at radius 2 is 1.85 bits per heavy atom. The van der Waals surface area contributed by atoms with Gasteiger partial charge in [0.25, 0.3) is 0 Å². The Bertz CT molecular complexity index is 813. The molecular weight excluding hydrogens is 322 g/mol. The molecule has 3 nitrogen and oxygen atoms in total. The first-order valence-corrected chi connectivity index (χ1v) is 9.28. The van der Waals surface area contributed by atoms with Gasteiger partial charge in [0.1, 0.15) is 17.1 Å². The Hall–Kier alpha value is -2.42. The Balaban J connectivity index is 1.92. The number of ether oxygens (including phenoxy) is 1. The Morgan fingerprint density at radius 3 is 2.50 bits per heavy atom. The fraction of sp³-hybridized carbons (Fsp3) is 0.391. The van der Waals surface area contributed by atoms with E-state index in [2.05, 4.69) is 42.7 Å². The van der Waals surface area contributed by atoms with Crippen LogP contribution in [0, 0.1) is 20.8 Å². The van der Waals surface area contributed by atoms with Crippen molar-refractivity contribution in [2.45, 2.75) is 46.1 Å². The SMILES string of the molecule is C=CCN(CC1(C)CCc2c(C)c(O)c(C)c(C)c2O1)c1ccccc1. The first-order chi connectivity index (χ1) is 12.4. The van der Waals surface area contributed by atoms with Crippen LogP contribution in [0.25, 0.3) is 0 Å². The van der Waals surface area contributed by atoms with E-state index in [1.54, 1.807) is 0 Å². The number of nitrogens with zero attached hydrogens (tertiary/aromatic N) is 1. The third-order valence-corrected chi connectivity index (χ3v) is 5.59. The fourth-order valence-corrected chi connectivity index (χ4v) is 3.87. The number of phenolic OH excluding ortho intramolecular Hbond substituents is 1. The van der Waals surface area contributed by atoms with E-state index in [9.17, 15) is 5.11 Å². The average Bonchev–Trinajstić information content (AvgIpc) is 2.65. The van der Waals surface area contributed by atoms with E-state index in [1.165, 1.54) is 5.69 Å². The van der Waals surface area contributed by atoms with Gasteiger partial charge in [-0.3, -0.25) is 0 Å². The molecule has 138 valence electrons. The van der Waals surface area contributed by atoms with Gasteiger partial charge in [0.05, 0.1) is 6.54 Å². The van der Waals surface area contributed by atoms with E-state index in [-0.39, 0.29) is 5.60 Å². The number of anilines is 1. The minimum absolute atomic E-state index is 0.285. The molecule has 2 aromatic carbocycles. The number of benzene rings is 2. The quantitative estimate of drug-likeness (QED) is 0.761. The van der Waals surface area contributed by atoms with Gasteiger partial charge in [-0.2, -0.15) is 0 Å². The molecule has 3 rings (SSSR count). The highest BCUT2D eigenvalue weighted by Crippen LogP contribution is 2.43. The minimum Gasteiger partial charge on any atom is -0.507 e. The maximum Gasteiger partial charge on any atom is 0.127 e. The number of hydrogen-bond donors (Lipinski definition) is 1. The standard InChI is InChI=1S/C23H29NO2/c1-6-14-24(19-10-8-7-9-11-19)15-23(5)13-12-20-18(4)21(25)16(2)17(3)22(20)26-23/h6-11,25H,1,12-15H2,2-5H3. The van der Waals surface area contributed by atoms with Crippen LogP contribution in [0.4, 0.5) is 5.69 Å². The maximum absolute atomic E-state index is 10.4. The lowest BCUT2D eigenvalue weighted by Crippen LogP contribution is -2.48. The highest BCUT2D eigenvalue weighted by Gasteiger charge is 2.36. The lowest BCUT2D eigenvalue weighted by molar-refractivity contribution is 0.0706. The lowest BCUT2D eigenvalue weighted by atomic mass is 9.86. The number of phenols is 1. The van der Waals surface area contributed by atoms with Gasteiger partial charge < -0.3 is 14.7 Å². The third-order valence-electron chi connectivity index (χ3n) is 5.59. The number of rotatable bonds is 5. The van der Waals surface area contributed by atoms with Crippen molar-refractivity contribution in [2.75, 3.05) is 18.0 Å². The zero-order valence-corrected chi connectivity index (χ0v) is 16.3. The molecule has 1 atom stereocenters. The van der Waals surface area contributed by atoms with Crippen molar-refractivity contribution in [1.29, 1.82) is 0 Å². The molecule has 0 spiro atoms. The molecule has 0 amide bonds. The summed E-state index contributed by atoms with van der Waals surface area (Å²) in [6.45, 7) is 13.7. The van der Waals surface area contributed by atoms with Gasteiger partial charge >= 0.3 is 0 Å². The van der Waals surface area contributed by atoms with Crippen molar-refractivity contribution >= 4 is 5.69 Å². The van der Waals surface area contributed by atoms with Crippen molar-refractivity contribution in [3.63, 3.8) is 0 Å². The number of fused-ring (bicyclic) bond motifs is 1. The largest absolute Gasteiger partial charge is 0.507 e. The Labute approximate surface area is 156 Å². The predicted octanol–water partition coefficient (Wildman–Crippen LogP) is 5.09. The van der Waals surface area contributed by atoms with Crippen LogP contribution in [0.3, 0.4) is 0 Å². The highest BCUT2D eigenvalue weighted by atomic mass is 16.5. The van der Waals surface area contributed by atoms with Crippen LogP contribution in [-0.2, 0) is 6.42 Å². The van der Waals surface area contributed by atoms with Crippen LogP contribution in [0.2, 0.25) is 0 Å². The zero-order valence-electron chi connectivity index (χ0n) is 16.3. The van der Waals surface area contributed by atoms with E-state index in [4.69, 9.17) is 4.74 Å². The summed E-state index contributed by atoms with van der Waals surface area (Å²) in [7, 11) is 0. The van der Waals surface area contributed by atoms with Gasteiger partial charge in [0.2, 0.25) is 0 Å². The Kier molecular flexibility index (Phi) is 4.99. The smallest absolute Gasteiger partial charge is 0.127 e. The normalized spacial score (nSPS) is 18.8. The van der Waals surface area contributed by atoms with Crippen LogP contribution in [0.1, 0.15) is 35.6 Å². The molecule has 0 aliphatic carbocycles. The first kappa shape index (κ1) is 18.4. The van der Waals surface area contributed by atoms with E-state index < -0.39 is 0 Å². The third kappa shape index (κ3) is 3.31. The van der Waals surface area contributed by atoms with E-state index in [1.807, 2.05) is 32.9 Å². The van der Waals surface area contributed by atoms with Crippen LogP contribution in [-0.4, -0.2) is 23.8 Å². The molecule has 1 unspecified atom stereocenters. The molecule has 1 heterocycles. The minimum atomic E-state index is -0.285. The van der Waals surface area contributed by atoms with Gasteiger partial charge in [0.15, 0.2) is 0 Å². The van der Waals surface area contributed by atoms with Crippen molar-refractivity contribution < 1.29 is 9.84 Å². The van der Waals surface area contributed by atoms with Gasteiger partial charge in [-0.25, -0.2) is 0 Å². The summed E-state index contributed by atoms with van der Waals surface area (Å²) in [5, 5.41) is 10.4. The molecule has 26 heavy (non-hydrogen) atoms. The molecule has 3 heteroatoms. The van der Waals surface area contributed by atoms with Crippen molar-refractivity contribution in [2.24, 2.45) is 0 Å². The van der Waals surface area contributed by atoms with Gasteiger partial charge in [-0.15, -0.1) is 6.58 Å². The molecular formula is C23H29NO2.